The molecule has 0 radical (unpaired) electrons. The third-order valence-corrected chi connectivity index (χ3v) is 2.99. The van der Waals surface area contributed by atoms with Crippen LogP contribution in [-0.4, -0.2) is 20.0 Å². The molecule has 2 aromatic rings. The van der Waals surface area contributed by atoms with E-state index in [1.807, 2.05) is 5.38 Å². The fraction of sp³-hybridized carbons (Fsp3) is 0.500. The third kappa shape index (κ3) is 2.12. The summed E-state index contributed by atoms with van der Waals surface area (Å²) in [5.41, 5.74) is 7.60. The largest absolute Gasteiger partial charge is 0.325 e. The van der Waals surface area contributed by atoms with E-state index in [4.69, 9.17) is 5.73 Å². The van der Waals surface area contributed by atoms with Crippen molar-refractivity contribution >= 4 is 11.3 Å². The molecule has 0 saturated heterocycles. The van der Waals surface area contributed by atoms with E-state index in [-0.39, 0.29) is 0 Å². The first kappa shape index (κ1) is 11.2. The summed E-state index contributed by atoms with van der Waals surface area (Å²) in [6, 6.07) is 0. The normalized spacial score (nSPS) is 11.2. The Bertz CT molecular complexity index is 446. The lowest BCUT2D eigenvalue weighted by molar-refractivity contribution is 0.610. The molecule has 2 heterocycles. The van der Waals surface area contributed by atoms with Crippen LogP contribution in [0.1, 0.15) is 25.2 Å². The lowest BCUT2D eigenvalue weighted by atomic mass is 10.1. The predicted molar refractivity (Wildman–Crippen MR) is 63.5 cm³/mol. The highest BCUT2D eigenvalue weighted by molar-refractivity contribution is 7.12. The van der Waals surface area contributed by atoms with Crippen LogP contribution in [-0.2, 0) is 13.0 Å². The molecular weight excluding hydrogens is 222 g/mol. The average molecular weight is 237 g/mol. The quantitative estimate of drug-likeness (QED) is 0.872. The Morgan fingerprint density at radius 1 is 1.50 bits per heavy atom. The SMILES string of the molecule is CC(C)Cc1c(CN)nnn1-c1nccs1. The van der Waals surface area contributed by atoms with Crippen LogP contribution < -0.4 is 5.73 Å². The van der Waals surface area contributed by atoms with Crippen LogP contribution in [0, 0.1) is 5.92 Å². The Morgan fingerprint density at radius 2 is 2.31 bits per heavy atom. The van der Waals surface area contributed by atoms with Gasteiger partial charge in [-0.25, -0.2) is 4.98 Å². The van der Waals surface area contributed by atoms with E-state index in [2.05, 4.69) is 29.1 Å². The van der Waals surface area contributed by atoms with Crippen molar-refractivity contribution in [2.75, 3.05) is 0 Å². The topological polar surface area (TPSA) is 69.6 Å². The number of rotatable bonds is 4. The molecule has 0 amide bonds. The van der Waals surface area contributed by atoms with E-state index in [0.717, 1.165) is 22.9 Å². The molecule has 0 aliphatic rings. The average Bonchev–Trinajstić information content (AvgIpc) is 2.84. The second-order valence-corrected chi connectivity index (χ2v) is 4.88. The van der Waals surface area contributed by atoms with Crippen molar-refractivity contribution in [3.05, 3.63) is 23.0 Å². The van der Waals surface area contributed by atoms with Crippen LogP contribution >= 0.6 is 11.3 Å². The molecule has 2 rings (SSSR count). The minimum Gasteiger partial charge on any atom is -0.325 e. The van der Waals surface area contributed by atoms with Gasteiger partial charge >= 0.3 is 0 Å². The van der Waals surface area contributed by atoms with Gasteiger partial charge in [0.05, 0.1) is 11.4 Å². The smallest absolute Gasteiger partial charge is 0.211 e. The van der Waals surface area contributed by atoms with Crippen LogP contribution in [0.5, 0.6) is 0 Å². The standard InChI is InChI=1S/C10H15N5S/c1-7(2)5-9-8(6-11)13-14-15(9)10-12-3-4-16-10/h3-4,7H,5-6,11H2,1-2H3. The van der Waals surface area contributed by atoms with Crippen molar-refractivity contribution in [2.24, 2.45) is 11.7 Å². The molecule has 5 nitrogen and oxygen atoms in total. The van der Waals surface area contributed by atoms with Crippen LogP contribution in [0.4, 0.5) is 0 Å². The molecule has 16 heavy (non-hydrogen) atoms. The second-order valence-electron chi connectivity index (χ2n) is 4.01. The monoisotopic (exact) mass is 237 g/mol. The lowest BCUT2D eigenvalue weighted by Crippen LogP contribution is -2.08. The molecule has 2 aromatic heterocycles. The summed E-state index contributed by atoms with van der Waals surface area (Å²) in [7, 11) is 0. The van der Waals surface area contributed by atoms with Crippen LogP contribution in [0.2, 0.25) is 0 Å². The Morgan fingerprint density at radius 3 is 2.88 bits per heavy atom. The Labute approximate surface area is 98.3 Å². The molecule has 0 aromatic carbocycles. The zero-order valence-corrected chi connectivity index (χ0v) is 10.2. The van der Waals surface area contributed by atoms with E-state index in [0.29, 0.717) is 12.5 Å². The summed E-state index contributed by atoms with van der Waals surface area (Å²) >= 11 is 1.55. The second kappa shape index (κ2) is 4.71. The van der Waals surface area contributed by atoms with Gasteiger partial charge in [-0.05, 0) is 12.3 Å². The van der Waals surface area contributed by atoms with Gasteiger partial charge in [0.1, 0.15) is 0 Å². The van der Waals surface area contributed by atoms with Gasteiger partial charge in [0, 0.05) is 18.1 Å². The predicted octanol–water partition coefficient (Wildman–Crippen LogP) is 1.38. The van der Waals surface area contributed by atoms with Gasteiger partial charge in [-0.1, -0.05) is 19.1 Å². The maximum absolute atomic E-state index is 5.66. The number of nitrogens with zero attached hydrogens (tertiary/aromatic N) is 4. The molecule has 0 fully saturated rings. The summed E-state index contributed by atoms with van der Waals surface area (Å²) < 4.78 is 1.80. The number of nitrogens with two attached hydrogens (primary N) is 1. The highest BCUT2D eigenvalue weighted by Crippen LogP contribution is 2.17. The zero-order chi connectivity index (χ0) is 11.5. The lowest BCUT2D eigenvalue weighted by Gasteiger charge is -2.07. The molecule has 0 saturated carbocycles. The molecule has 0 bridgehead atoms. The molecule has 0 unspecified atom stereocenters. The van der Waals surface area contributed by atoms with Crippen LogP contribution in [0.25, 0.3) is 5.13 Å². The molecule has 0 atom stereocenters. The van der Waals surface area contributed by atoms with Gasteiger partial charge < -0.3 is 5.73 Å². The number of hydrogen-bond donors (Lipinski definition) is 1. The summed E-state index contributed by atoms with van der Waals surface area (Å²) in [6.07, 6.45) is 2.68. The van der Waals surface area contributed by atoms with Crippen LogP contribution in [0.3, 0.4) is 0 Å². The van der Waals surface area contributed by atoms with Gasteiger partial charge in [0.2, 0.25) is 5.13 Å². The molecule has 0 aliphatic carbocycles. The molecule has 0 aliphatic heterocycles. The van der Waals surface area contributed by atoms with Crippen molar-refractivity contribution in [3.63, 3.8) is 0 Å². The number of aromatic nitrogens is 4. The first-order chi connectivity index (χ1) is 7.72. The fourth-order valence-corrected chi connectivity index (χ4v) is 2.17. The fourth-order valence-electron chi connectivity index (χ4n) is 1.56. The summed E-state index contributed by atoms with van der Waals surface area (Å²) in [5.74, 6) is 0.544. The van der Waals surface area contributed by atoms with E-state index in [1.54, 1.807) is 22.2 Å². The van der Waals surface area contributed by atoms with Crippen molar-refractivity contribution in [3.8, 4) is 5.13 Å². The minimum atomic E-state index is 0.424. The van der Waals surface area contributed by atoms with E-state index >= 15 is 0 Å². The molecule has 0 spiro atoms. The summed E-state index contributed by atoms with van der Waals surface area (Å²) in [6.45, 7) is 4.76. The van der Waals surface area contributed by atoms with E-state index < -0.39 is 0 Å². The first-order valence-electron chi connectivity index (χ1n) is 5.25. The maximum Gasteiger partial charge on any atom is 0.211 e. The zero-order valence-electron chi connectivity index (χ0n) is 9.42. The van der Waals surface area contributed by atoms with Crippen molar-refractivity contribution in [2.45, 2.75) is 26.8 Å². The Hall–Kier alpha value is -1.27. The maximum atomic E-state index is 5.66. The van der Waals surface area contributed by atoms with Gasteiger partial charge in [0.15, 0.2) is 0 Å². The van der Waals surface area contributed by atoms with Gasteiger partial charge in [-0.15, -0.1) is 16.4 Å². The van der Waals surface area contributed by atoms with Crippen molar-refractivity contribution in [1.29, 1.82) is 0 Å². The molecular formula is C10H15N5S. The third-order valence-electron chi connectivity index (χ3n) is 2.24. The molecule has 2 N–H and O–H groups in total. The van der Waals surface area contributed by atoms with Gasteiger partial charge in [0.25, 0.3) is 0 Å². The molecule has 86 valence electrons. The first-order valence-corrected chi connectivity index (χ1v) is 6.13. The van der Waals surface area contributed by atoms with Crippen molar-refractivity contribution < 1.29 is 0 Å². The summed E-state index contributed by atoms with van der Waals surface area (Å²) in [4.78, 5) is 4.24. The number of thiazole rings is 1. The highest BCUT2D eigenvalue weighted by Gasteiger charge is 2.15. The van der Waals surface area contributed by atoms with Gasteiger partial charge in [-0.3, -0.25) is 0 Å². The summed E-state index contributed by atoms with van der Waals surface area (Å²) in [5, 5.41) is 11.0. The Balaban J connectivity index is 2.41. The van der Waals surface area contributed by atoms with Crippen LogP contribution in [0.15, 0.2) is 11.6 Å². The number of hydrogen-bond acceptors (Lipinski definition) is 5. The van der Waals surface area contributed by atoms with Crippen molar-refractivity contribution in [1.82, 2.24) is 20.0 Å². The Kier molecular flexibility index (Phi) is 3.31. The van der Waals surface area contributed by atoms with E-state index in [1.165, 1.54) is 0 Å². The minimum absolute atomic E-state index is 0.424. The van der Waals surface area contributed by atoms with E-state index in [9.17, 15) is 0 Å². The molecule has 6 heteroatoms. The van der Waals surface area contributed by atoms with Gasteiger partial charge in [-0.2, -0.15) is 4.68 Å². The highest BCUT2D eigenvalue weighted by atomic mass is 32.1.